The largest absolute Gasteiger partial charge is 0.483 e. The fraction of sp³-hybridized carbons (Fsp3) is 0.550. The minimum absolute atomic E-state index is 0.0800. The lowest BCUT2D eigenvalue weighted by molar-refractivity contribution is -0.242. The first kappa shape index (κ1) is 33.9. The number of phosphoric acid groups is 2. The van der Waals surface area contributed by atoms with Crippen molar-refractivity contribution in [3.05, 3.63) is 44.0 Å². The van der Waals surface area contributed by atoms with Gasteiger partial charge in [0, 0.05) is 11.1 Å². The highest BCUT2D eigenvalue weighted by molar-refractivity contribution is 7.61. The van der Waals surface area contributed by atoms with Crippen molar-refractivity contribution >= 4 is 33.3 Å². The van der Waals surface area contributed by atoms with E-state index in [1.165, 1.54) is 12.1 Å². The molecule has 240 valence electrons. The summed E-state index contributed by atoms with van der Waals surface area (Å²) < 4.78 is 49.2. The highest BCUT2D eigenvalue weighted by atomic mass is 32.1. The summed E-state index contributed by atoms with van der Waals surface area (Å²) in [5, 5.41) is 49.8. The van der Waals surface area contributed by atoms with Crippen molar-refractivity contribution in [2.75, 3.05) is 13.2 Å². The smallest absolute Gasteiger partial charge is 0.394 e. The number of carbonyl (C=O) groups excluding carboxylic acids is 1. The Hall–Kier alpha value is -2.01. The zero-order chi connectivity index (χ0) is 31.9. The number of hydrogen-bond acceptors (Lipinski definition) is 17. The second kappa shape index (κ2) is 13.2. The van der Waals surface area contributed by atoms with Gasteiger partial charge in [0.05, 0.1) is 29.7 Å². The number of ether oxygens (including phenoxy) is 2. The number of H-pyrrole nitrogens is 1. The quantitative estimate of drug-likeness (QED) is 0.0832. The van der Waals surface area contributed by atoms with Gasteiger partial charge >= 0.3 is 21.3 Å². The van der Waals surface area contributed by atoms with Gasteiger partial charge < -0.3 is 50.5 Å². The summed E-state index contributed by atoms with van der Waals surface area (Å²) in [5.74, 6) is 0. The Morgan fingerprint density at radius 2 is 1.70 bits per heavy atom. The predicted molar refractivity (Wildman–Crippen MR) is 139 cm³/mol. The third-order valence-electron chi connectivity index (χ3n) is 6.36. The molecular formula is C20H27N3O17P2S. The lowest BCUT2D eigenvalue weighted by Crippen LogP contribution is -2.62. The summed E-state index contributed by atoms with van der Waals surface area (Å²) >= 11 is 0.935. The van der Waals surface area contributed by atoms with Crippen LogP contribution in [0.25, 0.3) is 10.4 Å². The average molecular weight is 675 g/mol. The maximum atomic E-state index is 12.5. The van der Waals surface area contributed by atoms with E-state index in [1.54, 1.807) is 0 Å². The second-order valence-corrected chi connectivity index (χ2v) is 13.4. The Bertz CT molecular complexity index is 1530. The van der Waals surface area contributed by atoms with Crippen LogP contribution in [0.4, 0.5) is 0 Å². The number of nitrogens with two attached hydrogens (primary N) is 1. The lowest BCUT2D eigenvalue weighted by atomic mass is 9.98. The summed E-state index contributed by atoms with van der Waals surface area (Å²) in [6.07, 6.45) is -12.4. The van der Waals surface area contributed by atoms with Crippen LogP contribution in [0.2, 0.25) is 0 Å². The summed E-state index contributed by atoms with van der Waals surface area (Å²) in [4.78, 5) is 58.3. The fourth-order valence-corrected chi connectivity index (χ4v) is 7.18. The normalized spacial score (nSPS) is 34.0. The highest BCUT2D eigenvalue weighted by Gasteiger charge is 2.49. The fourth-order valence-electron chi connectivity index (χ4n) is 4.18. The first-order valence-electron chi connectivity index (χ1n) is 12.1. The molecule has 2 aromatic heterocycles. The molecule has 43 heavy (non-hydrogen) atoms. The number of thiophene rings is 1. The van der Waals surface area contributed by atoms with Gasteiger partial charge in [-0.2, -0.15) is 4.31 Å². The molecule has 2 aromatic rings. The molecule has 11 atom stereocenters. The number of rotatable bonds is 11. The average Bonchev–Trinajstić information content (AvgIpc) is 3.52. The van der Waals surface area contributed by atoms with Gasteiger partial charge in [-0.25, -0.2) is 13.9 Å². The number of phosphoric ester groups is 2. The van der Waals surface area contributed by atoms with E-state index in [-0.39, 0.29) is 15.3 Å². The van der Waals surface area contributed by atoms with Gasteiger partial charge in [0.15, 0.2) is 18.8 Å². The number of hydrogen-bond donors (Lipinski definition) is 9. The van der Waals surface area contributed by atoms with Crippen LogP contribution in [0.1, 0.15) is 15.9 Å². The number of aliphatic hydroxyl groups is 5. The summed E-state index contributed by atoms with van der Waals surface area (Å²) in [6.45, 7) is -1.92. The lowest BCUT2D eigenvalue weighted by Gasteiger charge is -2.40. The molecule has 0 bridgehead atoms. The first-order valence-corrected chi connectivity index (χ1v) is 15.9. The Morgan fingerprint density at radius 1 is 1.02 bits per heavy atom. The number of aromatic amines is 1. The molecule has 2 saturated heterocycles. The number of nitrogens with one attached hydrogen (secondary N) is 1. The van der Waals surface area contributed by atoms with Crippen LogP contribution in [0, 0.1) is 0 Å². The molecule has 4 rings (SSSR count). The predicted octanol–water partition coefficient (Wildman–Crippen LogP) is -3.29. The summed E-state index contributed by atoms with van der Waals surface area (Å²) in [7, 11) is -11.1. The minimum Gasteiger partial charge on any atom is -0.394 e. The number of aromatic nitrogens is 2. The van der Waals surface area contributed by atoms with E-state index in [0.29, 0.717) is 6.29 Å². The number of carbonyl (C=O) groups is 1. The third kappa shape index (κ3) is 7.45. The minimum atomic E-state index is -5.57. The molecule has 0 radical (unpaired) electrons. The molecule has 4 heterocycles. The molecule has 20 nitrogen and oxygen atoms in total. The van der Waals surface area contributed by atoms with Crippen molar-refractivity contribution in [2.45, 2.75) is 55.2 Å². The van der Waals surface area contributed by atoms with Gasteiger partial charge in [0.25, 0.3) is 5.56 Å². The molecule has 0 aliphatic carbocycles. The summed E-state index contributed by atoms with van der Waals surface area (Å²) in [5.41, 5.74) is 3.63. The maximum Gasteiger partial charge on any atom is 0.483 e. The van der Waals surface area contributed by atoms with E-state index < -0.39 is 95.3 Å². The summed E-state index contributed by atoms with van der Waals surface area (Å²) in [6, 6.07) is 1.21. The van der Waals surface area contributed by atoms with Gasteiger partial charge in [-0.05, 0) is 12.1 Å². The van der Waals surface area contributed by atoms with Gasteiger partial charge in [-0.3, -0.25) is 28.2 Å². The standard InChI is InChI=1S/C20H27N3O17P2S/c21-12-15(28)13(26)9(5-25)38-19(12)39-42(34,35)40-41(32,33)36-6-10-14(27)16(29)18(37-10)23-3-8(17(30)22-20(23)31)11-2-1-7(4-24)43-11/h1-4,9-10,12-16,18-19,25-29H,5-6,21H2,(H,32,33)(H,34,35)(H,22,30,31)/t9-,10-,12-,13+,14-,15-,16-,18-,19-/m1/s1. The van der Waals surface area contributed by atoms with Crippen LogP contribution in [0.5, 0.6) is 0 Å². The first-order chi connectivity index (χ1) is 20.1. The van der Waals surface area contributed by atoms with E-state index in [1.807, 2.05) is 4.98 Å². The Labute approximate surface area is 243 Å². The van der Waals surface area contributed by atoms with Crippen LogP contribution < -0.4 is 17.0 Å². The topological polar surface area (TPSA) is 320 Å². The number of nitrogens with zero attached hydrogens (tertiary/aromatic N) is 1. The zero-order valence-electron chi connectivity index (χ0n) is 21.5. The Morgan fingerprint density at radius 3 is 2.33 bits per heavy atom. The van der Waals surface area contributed by atoms with E-state index >= 15 is 0 Å². The Kier molecular flexibility index (Phi) is 10.4. The van der Waals surface area contributed by atoms with E-state index in [4.69, 9.17) is 15.2 Å². The molecule has 2 aliphatic heterocycles. The molecule has 23 heteroatoms. The van der Waals surface area contributed by atoms with Crippen molar-refractivity contribution in [1.29, 1.82) is 0 Å². The van der Waals surface area contributed by atoms with Crippen LogP contribution in [0.3, 0.4) is 0 Å². The molecule has 0 spiro atoms. The van der Waals surface area contributed by atoms with Crippen molar-refractivity contribution in [1.82, 2.24) is 9.55 Å². The van der Waals surface area contributed by atoms with Gasteiger partial charge in [-0.15, -0.1) is 11.3 Å². The van der Waals surface area contributed by atoms with Crippen molar-refractivity contribution in [2.24, 2.45) is 5.73 Å². The van der Waals surface area contributed by atoms with E-state index in [0.717, 1.165) is 22.1 Å². The number of aliphatic hydroxyl groups excluding tert-OH is 5. The second-order valence-electron chi connectivity index (χ2n) is 9.28. The van der Waals surface area contributed by atoms with Crippen LogP contribution in [-0.4, -0.2) is 113 Å². The Balaban J connectivity index is 1.42. The van der Waals surface area contributed by atoms with E-state index in [2.05, 4.69) is 13.4 Å². The zero-order valence-corrected chi connectivity index (χ0v) is 24.1. The molecule has 2 aliphatic rings. The van der Waals surface area contributed by atoms with Crippen molar-refractivity contribution in [3.8, 4) is 10.4 Å². The molecule has 0 amide bonds. The van der Waals surface area contributed by atoms with E-state index in [9.17, 15) is 58.8 Å². The molecule has 2 unspecified atom stereocenters. The van der Waals surface area contributed by atoms with Gasteiger partial charge in [-0.1, -0.05) is 0 Å². The molecular weight excluding hydrogens is 648 g/mol. The third-order valence-corrected chi connectivity index (χ3v) is 10.0. The highest BCUT2D eigenvalue weighted by Crippen LogP contribution is 2.61. The maximum absolute atomic E-state index is 12.5. The SMILES string of the molecule is N[C@H]1[C@@H](OP(=O)(O)OP(=O)(O)OC[C@H]2O[C@@H](n3cc(-c4ccc(C=O)s4)c(=O)[nH]c3=O)[C@H](O)[C@@H]2O)O[C@H](CO)[C@H](O)[C@@H]1O. The van der Waals surface area contributed by atoms with Crippen molar-refractivity contribution in [3.63, 3.8) is 0 Å². The van der Waals surface area contributed by atoms with Gasteiger partial charge in [0.2, 0.25) is 0 Å². The van der Waals surface area contributed by atoms with Crippen LogP contribution in [0.15, 0.2) is 27.9 Å². The molecule has 0 aromatic carbocycles. The van der Waals surface area contributed by atoms with Crippen molar-refractivity contribution < 1.29 is 72.1 Å². The van der Waals surface area contributed by atoms with Gasteiger partial charge in [0.1, 0.15) is 36.6 Å². The van der Waals surface area contributed by atoms with Crippen LogP contribution >= 0.6 is 27.0 Å². The monoisotopic (exact) mass is 675 g/mol. The number of aldehydes is 1. The van der Waals surface area contributed by atoms with Crippen LogP contribution in [-0.2, 0) is 32.0 Å². The molecule has 10 N–H and O–H groups in total. The molecule has 0 saturated carbocycles. The molecule has 2 fully saturated rings.